The first kappa shape index (κ1) is 13.5. The summed E-state index contributed by atoms with van der Waals surface area (Å²) in [5.41, 5.74) is 0.869. The highest BCUT2D eigenvalue weighted by molar-refractivity contribution is 5.81. The summed E-state index contributed by atoms with van der Waals surface area (Å²) < 4.78 is 5.01. The Kier molecular flexibility index (Phi) is 4.89. The molecule has 1 aromatic heterocycles. The first-order valence-electron chi connectivity index (χ1n) is 6.56. The summed E-state index contributed by atoms with van der Waals surface area (Å²) in [6.45, 7) is 0.441. The molecule has 102 valence electrons. The standard InChI is InChI=1S/C14H18N2O3/c17-13(7-6-12-3-1-2-8-15-12)16-9-14(18)19-10-11-4-5-11/h1-3,8,11H,4-7,9-10H2,(H,16,17). The van der Waals surface area contributed by atoms with Crippen molar-refractivity contribution < 1.29 is 14.3 Å². The minimum absolute atomic E-state index is 0.0478. The summed E-state index contributed by atoms with van der Waals surface area (Å²) in [6.07, 6.45) is 4.88. The van der Waals surface area contributed by atoms with Crippen molar-refractivity contribution in [1.82, 2.24) is 10.3 Å². The fraction of sp³-hybridized carbons (Fsp3) is 0.500. The lowest BCUT2D eigenvalue weighted by atomic mass is 10.2. The number of ether oxygens (including phenoxy) is 1. The number of carbonyl (C=O) groups is 2. The zero-order valence-electron chi connectivity index (χ0n) is 10.8. The molecule has 1 aliphatic rings. The third-order valence-electron chi connectivity index (χ3n) is 2.94. The van der Waals surface area contributed by atoms with Crippen LogP contribution in [0.15, 0.2) is 24.4 Å². The van der Waals surface area contributed by atoms with Crippen molar-refractivity contribution in [3.05, 3.63) is 30.1 Å². The van der Waals surface area contributed by atoms with Gasteiger partial charge in [-0.25, -0.2) is 0 Å². The zero-order valence-corrected chi connectivity index (χ0v) is 10.8. The number of carbonyl (C=O) groups excluding carboxylic acids is 2. The Bertz CT molecular complexity index is 430. The number of nitrogens with one attached hydrogen (secondary N) is 1. The van der Waals surface area contributed by atoms with Crippen LogP contribution in [0.25, 0.3) is 0 Å². The monoisotopic (exact) mass is 262 g/mol. The van der Waals surface area contributed by atoms with E-state index in [2.05, 4.69) is 10.3 Å². The summed E-state index contributed by atoms with van der Waals surface area (Å²) in [5, 5.41) is 2.56. The molecule has 1 fully saturated rings. The average molecular weight is 262 g/mol. The molecule has 19 heavy (non-hydrogen) atoms. The molecule has 1 N–H and O–H groups in total. The maximum absolute atomic E-state index is 11.5. The van der Waals surface area contributed by atoms with E-state index in [1.54, 1.807) is 6.20 Å². The van der Waals surface area contributed by atoms with E-state index in [0.29, 0.717) is 25.4 Å². The SMILES string of the molecule is O=C(CCc1ccccn1)NCC(=O)OCC1CC1. The number of rotatable bonds is 7. The minimum Gasteiger partial charge on any atom is -0.464 e. The quantitative estimate of drug-likeness (QED) is 0.747. The Morgan fingerprint density at radius 2 is 2.21 bits per heavy atom. The van der Waals surface area contributed by atoms with Gasteiger partial charge in [0.25, 0.3) is 0 Å². The van der Waals surface area contributed by atoms with Gasteiger partial charge in [-0.15, -0.1) is 0 Å². The van der Waals surface area contributed by atoms with E-state index < -0.39 is 0 Å². The number of hydrogen-bond donors (Lipinski definition) is 1. The van der Waals surface area contributed by atoms with Gasteiger partial charge < -0.3 is 10.1 Å². The van der Waals surface area contributed by atoms with Crippen molar-refractivity contribution >= 4 is 11.9 Å². The number of pyridine rings is 1. The molecule has 5 heteroatoms. The largest absolute Gasteiger partial charge is 0.464 e. The summed E-state index contributed by atoms with van der Waals surface area (Å²) in [6, 6.07) is 5.59. The van der Waals surface area contributed by atoms with Crippen molar-refractivity contribution in [3.63, 3.8) is 0 Å². The molecule has 1 saturated carbocycles. The molecule has 1 amide bonds. The Labute approximate surface area is 112 Å². The molecular formula is C14H18N2O3. The topological polar surface area (TPSA) is 68.3 Å². The summed E-state index contributed by atoms with van der Waals surface area (Å²) >= 11 is 0. The zero-order chi connectivity index (χ0) is 13.5. The third-order valence-corrected chi connectivity index (χ3v) is 2.94. The van der Waals surface area contributed by atoms with Crippen LogP contribution in [0.5, 0.6) is 0 Å². The molecule has 0 spiro atoms. The number of aromatic nitrogens is 1. The molecule has 1 heterocycles. The van der Waals surface area contributed by atoms with Gasteiger partial charge in [0.05, 0.1) is 6.61 Å². The third kappa shape index (κ3) is 5.50. The van der Waals surface area contributed by atoms with Crippen LogP contribution in [0.2, 0.25) is 0 Å². The van der Waals surface area contributed by atoms with Crippen molar-refractivity contribution in [2.75, 3.05) is 13.2 Å². The van der Waals surface area contributed by atoms with Gasteiger partial charge in [0.1, 0.15) is 6.54 Å². The Morgan fingerprint density at radius 1 is 1.37 bits per heavy atom. The Morgan fingerprint density at radius 3 is 2.89 bits per heavy atom. The highest BCUT2D eigenvalue weighted by atomic mass is 16.5. The van der Waals surface area contributed by atoms with E-state index in [1.807, 2.05) is 18.2 Å². The van der Waals surface area contributed by atoms with E-state index in [1.165, 1.54) is 0 Å². The highest BCUT2D eigenvalue weighted by Crippen LogP contribution is 2.28. The highest BCUT2D eigenvalue weighted by Gasteiger charge is 2.22. The second kappa shape index (κ2) is 6.87. The van der Waals surface area contributed by atoms with E-state index in [-0.39, 0.29) is 18.4 Å². The number of hydrogen-bond acceptors (Lipinski definition) is 4. The lowest BCUT2D eigenvalue weighted by Gasteiger charge is -2.05. The summed E-state index contributed by atoms with van der Waals surface area (Å²) in [7, 11) is 0. The summed E-state index contributed by atoms with van der Waals surface area (Å²) in [4.78, 5) is 27.0. The van der Waals surface area contributed by atoms with Gasteiger partial charge in [-0.2, -0.15) is 0 Å². The second-order valence-corrected chi connectivity index (χ2v) is 4.72. The van der Waals surface area contributed by atoms with Crippen molar-refractivity contribution in [3.8, 4) is 0 Å². The molecule has 2 rings (SSSR count). The van der Waals surface area contributed by atoms with Crippen LogP contribution in [-0.2, 0) is 20.7 Å². The second-order valence-electron chi connectivity index (χ2n) is 4.72. The Balaban J connectivity index is 1.57. The number of nitrogens with zero attached hydrogens (tertiary/aromatic N) is 1. The van der Waals surface area contributed by atoms with E-state index >= 15 is 0 Å². The average Bonchev–Trinajstić information content (AvgIpc) is 3.26. The van der Waals surface area contributed by atoms with Crippen molar-refractivity contribution in [2.24, 2.45) is 5.92 Å². The van der Waals surface area contributed by atoms with Crippen LogP contribution >= 0.6 is 0 Å². The lowest BCUT2D eigenvalue weighted by molar-refractivity contribution is -0.144. The normalized spacial score (nSPS) is 13.9. The van der Waals surface area contributed by atoms with Gasteiger partial charge in [-0.05, 0) is 37.3 Å². The van der Waals surface area contributed by atoms with Gasteiger partial charge in [0.15, 0.2) is 0 Å². The molecule has 0 aromatic carbocycles. The molecule has 1 aliphatic carbocycles. The minimum atomic E-state index is -0.363. The first-order chi connectivity index (χ1) is 9.24. The predicted octanol–water partition coefficient (Wildman–Crippen LogP) is 1.08. The van der Waals surface area contributed by atoms with Gasteiger partial charge in [0.2, 0.25) is 5.91 Å². The molecule has 0 radical (unpaired) electrons. The Hall–Kier alpha value is -1.91. The molecular weight excluding hydrogens is 244 g/mol. The molecule has 0 atom stereocenters. The van der Waals surface area contributed by atoms with Gasteiger partial charge >= 0.3 is 5.97 Å². The van der Waals surface area contributed by atoms with Crippen molar-refractivity contribution in [2.45, 2.75) is 25.7 Å². The molecule has 5 nitrogen and oxygen atoms in total. The molecule has 1 aromatic rings. The lowest BCUT2D eigenvalue weighted by Crippen LogP contribution is -2.31. The fourth-order valence-electron chi connectivity index (χ4n) is 1.59. The summed E-state index contributed by atoms with van der Waals surface area (Å²) in [5.74, 6) is 0.0240. The van der Waals surface area contributed by atoms with Crippen LogP contribution in [0.3, 0.4) is 0 Å². The van der Waals surface area contributed by atoms with E-state index in [9.17, 15) is 9.59 Å². The number of amides is 1. The van der Waals surface area contributed by atoms with Crippen LogP contribution in [-0.4, -0.2) is 30.0 Å². The molecule has 0 bridgehead atoms. The molecule has 0 unspecified atom stereocenters. The van der Waals surface area contributed by atoms with Crippen LogP contribution in [0.1, 0.15) is 25.0 Å². The maximum atomic E-state index is 11.5. The number of aryl methyl sites for hydroxylation is 1. The maximum Gasteiger partial charge on any atom is 0.325 e. The van der Waals surface area contributed by atoms with Crippen molar-refractivity contribution in [1.29, 1.82) is 0 Å². The van der Waals surface area contributed by atoms with Crippen LogP contribution in [0, 0.1) is 5.92 Å². The van der Waals surface area contributed by atoms with E-state index in [4.69, 9.17) is 4.74 Å². The van der Waals surface area contributed by atoms with E-state index in [0.717, 1.165) is 18.5 Å². The number of esters is 1. The van der Waals surface area contributed by atoms with Crippen LogP contribution < -0.4 is 5.32 Å². The van der Waals surface area contributed by atoms with Gasteiger partial charge in [0, 0.05) is 18.3 Å². The van der Waals surface area contributed by atoms with Crippen LogP contribution in [0.4, 0.5) is 0 Å². The smallest absolute Gasteiger partial charge is 0.325 e. The molecule has 0 saturated heterocycles. The van der Waals surface area contributed by atoms with Gasteiger partial charge in [-0.1, -0.05) is 6.07 Å². The predicted molar refractivity (Wildman–Crippen MR) is 69.3 cm³/mol. The fourth-order valence-corrected chi connectivity index (χ4v) is 1.59. The first-order valence-corrected chi connectivity index (χ1v) is 6.56. The molecule has 0 aliphatic heterocycles. The van der Waals surface area contributed by atoms with Gasteiger partial charge in [-0.3, -0.25) is 14.6 Å².